The van der Waals surface area contributed by atoms with Gasteiger partial charge in [0.1, 0.15) is 5.70 Å². The van der Waals surface area contributed by atoms with Gasteiger partial charge in [-0.1, -0.05) is 24.6 Å². The fourth-order valence-electron chi connectivity index (χ4n) is 2.77. The van der Waals surface area contributed by atoms with Gasteiger partial charge in [-0.2, -0.15) is 0 Å². The lowest BCUT2D eigenvalue weighted by Crippen LogP contribution is -2.30. The molecule has 3 rings (SSSR count). The van der Waals surface area contributed by atoms with E-state index in [-0.39, 0.29) is 11.8 Å². The van der Waals surface area contributed by atoms with E-state index >= 15 is 0 Å². The molecule has 0 aliphatic carbocycles. The number of anilines is 1. The van der Waals surface area contributed by atoms with Crippen molar-refractivity contribution in [2.24, 2.45) is 0 Å². The van der Waals surface area contributed by atoms with Crippen LogP contribution in [0.1, 0.15) is 25.8 Å². The maximum Gasteiger partial charge on any atom is 0.333 e. The summed E-state index contributed by atoms with van der Waals surface area (Å²) in [6.07, 6.45) is 2.52. The number of hydrogen-bond donors (Lipinski definition) is 1. The molecule has 1 atom stereocenters. The van der Waals surface area contributed by atoms with E-state index in [1.54, 1.807) is 43.5 Å². The number of benzene rings is 2. The Bertz CT molecular complexity index is 993. The Morgan fingerprint density at radius 2 is 2.03 bits per heavy atom. The second-order valence-corrected chi connectivity index (χ2v) is 8.08. The highest BCUT2D eigenvalue weighted by molar-refractivity contribution is 14.1. The Morgan fingerprint density at radius 1 is 1.28 bits per heavy atom. The molecule has 0 aromatic heterocycles. The van der Waals surface area contributed by atoms with Crippen molar-refractivity contribution in [3.8, 4) is 11.5 Å². The fourth-order valence-corrected chi connectivity index (χ4v) is 3.71. The fraction of sp³-hybridized carbons (Fsp3) is 0.238. The normalized spacial score (nSPS) is 16.2. The van der Waals surface area contributed by atoms with E-state index in [1.807, 2.05) is 19.9 Å². The van der Waals surface area contributed by atoms with Gasteiger partial charge in [0.15, 0.2) is 11.5 Å². The van der Waals surface area contributed by atoms with E-state index in [4.69, 9.17) is 21.1 Å². The molecular weight excluding hydrogens is 507 g/mol. The lowest BCUT2D eigenvalue weighted by atomic mass is 10.1. The molecule has 3 amide bonds. The van der Waals surface area contributed by atoms with Gasteiger partial charge in [-0.15, -0.1) is 0 Å². The third-order valence-electron chi connectivity index (χ3n) is 4.40. The predicted octanol–water partition coefficient (Wildman–Crippen LogP) is 5.23. The van der Waals surface area contributed by atoms with Crippen molar-refractivity contribution < 1.29 is 19.1 Å². The largest absolute Gasteiger partial charge is 0.493 e. The number of carbonyl (C=O) groups excluding carboxylic acids is 2. The molecule has 152 valence electrons. The van der Waals surface area contributed by atoms with Crippen LogP contribution >= 0.6 is 34.2 Å². The SMILES string of the molecule is CC[C@H](C)Oc1c(I)cc(/C=C2/NC(=O)N(c3cccc(Cl)c3)C2=O)cc1OC. The van der Waals surface area contributed by atoms with Crippen molar-refractivity contribution in [2.75, 3.05) is 12.0 Å². The molecule has 2 aromatic rings. The summed E-state index contributed by atoms with van der Waals surface area (Å²) in [4.78, 5) is 26.2. The highest BCUT2D eigenvalue weighted by Gasteiger charge is 2.35. The Labute approximate surface area is 188 Å². The summed E-state index contributed by atoms with van der Waals surface area (Å²) in [6.45, 7) is 4.03. The number of imide groups is 1. The van der Waals surface area contributed by atoms with E-state index < -0.39 is 11.9 Å². The molecule has 1 aliphatic heterocycles. The number of hydrogen-bond acceptors (Lipinski definition) is 4. The Hall–Kier alpha value is -2.26. The summed E-state index contributed by atoms with van der Waals surface area (Å²) >= 11 is 8.15. The van der Waals surface area contributed by atoms with Crippen molar-refractivity contribution >= 4 is 57.9 Å². The first-order valence-electron chi connectivity index (χ1n) is 9.01. The minimum absolute atomic E-state index is 0.0450. The molecule has 0 bridgehead atoms. The van der Waals surface area contributed by atoms with Crippen LogP contribution in [0.15, 0.2) is 42.1 Å². The molecule has 29 heavy (non-hydrogen) atoms. The second kappa shape index (κ2) is 9.04. The number of nitrogens with one attached hydrogen (secondary N) is 1. The van der Waals surface area contributed by atoms with Crippen molar-refractivity contribution in [2.45, 2.75) is 26.4 Å². The van der Waals surface area contributed by atoms with E-state index in [0.29, 0.717) is 27.8 Å². The minimum atomic E-state index is -0.526. The zero-order chi connectivity index (χ0) is 21.1. The van der Waals surface area contributed by atoms with Crippen molar-refractivity contribution in [1.29, 1.82) is 0 Å². The number of nitrogens with zero attached hydrogens (tertiary/aromatic N) is 1. The van der Waals surface area contributed by atoms with E-state index in [9.17, 15) is 9.59 Å². The van der Waals surface area contributed by atoms with Gasteiger partial charge >= 0.3 is 6.03 Å². The maximum atomic E-state index is 12.8. The van der Waals surface area contributed by atoms with Gasteiger partial charge in [-0.3, -0.25) is 4.79 Å². The van der Waals surface area contributed by atoms with Crippen LogP contribution in [0.3, 0.4) is 0 Å². The Balaban J connectivity index is 1.93. The quantitative estimate of drug-likeness (QED) is 0.318. The monoisotopic (exact) mass is 526 g/mol. The summed E-state index contributed by atoms with van der Waals surface area (Å²) in [5, 5.41) is 3.06. The topological polar surface area (TPSA) is 67.9 Å². The molecular formula is C21H20ClIN2O4. The van der Waals surface area contributed by atoms with Gasteiger partial charge in [0.05, 0.1) is 22.5 Å². The second-order valence-electron chi connectivity index (χ2n) is 6.48. The average Bonchev–Trinajstić information content (AvgIpc) is 2.96. The molecule has 8 heteroatoms. The van der Waals surface area contributed by atoms with Crippen molar-refractivity contribution in [3.05, 3.63) is 56.3 Å². The maximum absolute atomic E-state index is 12.8. The molecule has 1 N–H and O–H groups in total. The number of halogens is 2. The minimum Gasteiger partial charge on any atom is -0.493 e. The first kappa shape index (κ1) is 21.4. The van der Waals surface area contributed by atoms with Gasteiger partial charge in [-0.05, 0) is 77.9 Å². The van der Waals surface area contributed by atoms with Gasteiger partial charge in [-0.25, -0.2) is 9.69 Å². The highest BCUT2D eigenvalue weighted by atomic mass is 127. The summed E-state index contributed by atoms with van der Waals surface area (Å²) in [5.41, 5.74) is 1.29. The van der Waals surface area contributed by atoms with E-state index in [0.717, 1.165) is 14.9 Å². The molecule has 1 fully saturated rings. The van der Waals surface area contributed by atoms with Crippen LogP contribution in [-0.2, 0) is 4.79 Å². The summed E-state index contributed by atoms with van der Waals surface area (Å²) < 4.78 is 12.3. The van der Waals surface area contributed by atoms with Gasteiger partial charge in [0.25, 0.3) is 5.91 Å². The average molecular weight is 527 g/mol. The molecule has 0 radical (unpaired) electrons. The Morgan fingerprint density at radius 3 is 2.69 bits per heavy atom. The lowest BCUT2D eigenvalue weighted by molar-refractivity contribution is -0.113. The van der Waals surface area contributed by atoms with Crippen LogP contribution in [0.4, 0.5) is 10.5 Å². The number of carbonyl (C=O) groups is 2. The third kappa shape index (κ3) is 4.67. The van der Waals surface area contributed by atoms with Crippen molar-refractivity contribution in [1.82, 2.24) is 5.32 Å². The molecule has 1 aliphatic rings. The van der Waals surface area contributed by atoms with Crippen LogP contribution in [-0.4, -0.2) is 25.2 Å². The smallest absolute Gasteiger partial charge is 0.333 e. The number of urea groups is 1. The first-order valence-corrected chi connectivity index (χ1v) is 10.5. The third-order valence-corrected chi connectivity index (χ3v) is 5.44. The molecule has 0 spiro atoms. The zero-order valence-electron chi connectivity index (χ0n) is 16.2. The molecule has 0 saturated carbocycles. The standard InChI is InChI=1S/C21H20ClIN2O4/c1-4-12(2)29-19-16(23)8-13(10-18(19)28-3)9-17-20(26)25(21(27)24-17)15-7-5-6-14(22)11-15/h5-12H,4H2,1-3H3,(H,24,27)/b17-9+/t12-/m0/s1. The van der Waals surface area contributed by atoms with Crippen LogP contribution in [0.5, 0.6) is 11.5 Å². The molecule has 1 saturated heterocycles. The lowest BCUT2D eigenvalue weighted by Gasteiger charge is -2.17. The van der Waals surface area contributed by atoms with Crippen LogP contribution in [0.2, 0.25) is 5.02 Å². The summed E-state index contributed by atoms with van der Waals surface area (Å²) in [7, 11) is 1.56. The van der Waals surface area contributed by atoms with Crippen molar-refractivity contribution in [3.63, 3.8) is 0 Å². The number of amides is 3. The van der Waals surface area contributed by atoms with Crippen LogP contribution in [0.25, 0.3) is 6.08 Å². The number of ether oxygens (including phenoxy) is 2. The van der Waals surface area contributed by atoms with Crippen LogP contribution < -0.4 is 19.7 Å². The molecule has 2 aromatic carbocycles. The highest BCUT2D eigenvalue weighted by Crippen LogP contribution is 2.36. The van der Waals surface area contributed by atoms with Gasteiger partial charge in [0, 0.05) is 5.02 Å². The molecule has 1 heterocycles. The predicted molar refractivity (Wildman–Crippen MR) is 122 cm³/mol. The van der Waals surface area contributed by atoms with E-state index in [2.05, 4.69) is 27.9 Å². The Kier molecular flexibility index (Phi) is 6.69. The van der Waals surface area contributed by atoms with E-state index in [1.165, 1.54) is 0 Å². The van der Waals surface area contributed by atoms with Gasteiger partial charge < -0.3 is 14.8 Å². The number of methoxy groups -OCH3 is 1. The molecule has 0 unspecified atom stereocenters. The molecule has 6 nitrogen and oxygen atoms in total. The number of rotatable bonds is 6. The first-order chi connectivity index (χ1) is 13.8. The summed E-state index contributed by atoms with van der Waals surface area (Å²) in [5.74, 6) is 0.769. The van der Waals surface area contributed by atoms with Gasteiger partial charge in [0.2, 0.25) is 0 Å². The summed E-state index contributed by atoms with van der Waals surface area (Å²) in [6, 6.07) is 9.69. The zero-order valence-corrected chi connectivity index (χ0v) is 19.1. The van der Waals surface area contributed by atoms with Crippen LogP contribution in [0, 0.1) is 3.57 Å².